The molecule has 1 aliphatic rings. The maximum atomic E-state index is 13.5. The van der Waals surface area contributed by atoms with Crippen LogP contribution in [0.25, 0.3) is 11.3 Å². The predicted octanol–water partition coefficient (Wildman–Crippen LogP) is 3.22. The van der Waals surface area contributed by atoms with E-state index >= 15 is 0 Å². The summed E-state index contributed by atoms with van der Waals surface area (Å²) in [5.74, 6) is -0.864. The minimum Gasteiger partial charge on any atom is -0.303 e. The first-order chi connectivity index (χ1) is 14.9. The van der Waals surface area contributed by atoms with Crippen LogP contribution in [0, 0.1) is 0 Å². The van der Waals surface area contributed by atoms with Gasteiger partial charge in [-0.15, -0.1) is 0 Å². The number of nitrogens with one attached hydrogen (secondary N) is 1. The third kappa shape index (κ3) is 4.66. The van der Waals surface area contributed by atoms with Crippen molar-refractivity contribution in [1.29, 1.82) is 0 Å². The van der Waals surface area contributed by atoms with E-state index in [0.717, 1.165) is 37.1 Å². The molecule has 31 heavy (non-hydrogen) atoms. The number of unbranched alkanes of at least 4 members (excludes halogenated alkanes) is 1. The number of nitrogens with zero attached hydrogens (tertiary/aromatic N) is 2. The maximum Gasteiger partial charge on any atom is 0.265 e. The summed E-state index contributed by atoms with van der Waals surface area (Å²) in [6.07, 6.45) is 5.37. The Morgan fingerprint density at radius 2 is 1.81 bits per heavy atom. The summed E-state index contributed by atoms with van der Waals surface area (Å²) < 4.78 is 25.3. The van der Waals surface area contributed by atoms with Crippen molar-refractivity contribution in [3.63, 3.8) is 0 Å². The number of aromatic nitrogens is 1. The number of sulfone groups is 1. The van der Waals surface area contributed by atoms with Crippen LogP contribution in [0.5, 0.6) is 0 Å². The molecule has 2 N–H and O–H groups in total. The van der Waals surface area contributed by atoms with Crippen molar-refractivity contribution in [2.75, 3.05) is 19.6 Å². The van der Waals surface area contributed by atoms with Crippen molar-refractivity contribution in [3.05, 3.63) is 48.2 Å². The van der Waals surface area contributed by atoms with E-state index < -0.39 is 20.5 Å². The largest absolute Gasteiger partial charge is 0.303 e. The molecular formula is C23H31N3O4S. The van der Waals surface area contributed by atoms with Crippen molar-refractivity contribution in [2.24, 2.45) is 0 Å². The Labute approximate surface area is 184 Å². The standard InChI is InChI=1S/C23H31N3O4S/c1-3-5-6-18-7-12-21(24-17-18)19-8-10-20(11-9-19)31(29,30)23(22(27)25-28)13-15-26(4-2)16-14-23/h7-12,17,28H,3-6,13-16H2,1-2H3,(H,25,27). The summed E-state index contributed by atoms with van der Waals surface area (Å²) in [5, 5.41) is 9.27. The van der Waals surface area contributed by atoms with Crippen molar-refractivity contribution in [3.8, 4) is 11.3 Å². The van der Waals surface area contributed by atoms with Crippen LogP contribution in [0.2, 0.25) is 0 Å². The predicted molar refractivity (Wildman–Crippen MR) is 119 cm³/mol. The van der Waals surface area contributed by atoms with Crippen LogP contribution >= 0.6 is 0 Å². The van der Waals surface area contributed by atoms with Crippen LogP contribution in [0.4, 0.5) is 0 Å². The molecule has 8 heteroatoms. The highest BCUT2D eigenvalue weighted by Crippen LogP contribution is 2.36. The Balaban J connectivity index is 1.86. The third-order valence-electron chi connectivity index (χ3n) is 6.24. The fourth-order valence-corrected chi connectivity index (χ4v) is 6.06. The number of hydrogen-bond acceptors (Lipinski definition) is 6. The minimum absolute atomic E-state index is 0.0735. The Hall–Kier alpha value is -2.29. The second-order valence-corrected chi connectivity index (χ2v) is 10.3. The van der Waals surface area contributed by atoms with E-state index in [1.54, 1.807) is 17.6 Å². The lowest BCUT2D eigenvalue weighted by atomic mass is 9.95. The summed E-state index contributed by atoms with van der Waals surface area (Å²) in [6, 6.07) is 10.5. The number of likely N-dealkylation sites (tertiary alicyclic amines) is 1. The second kappa shape index (κ2) is 9.89. The van der Waals surface area contributed by atoms with Gasteiger partial charge in [-0.1, -0.05) is 38.5 Å². The molecule has 0 spiro atoms. The van der Waals surface area contributed by atoms with Gasteiger partial charge in [0.15, 0.2) is 14.6 Å². The van der Waals surface area contributed by atoms with Gasteiger partial charge in [-0.25, -0.2) is 13.9 Å². The fraction of sp³-hybridized carbons (Fsp3) is 0.478. The molecule has 7 nitrogen and oxygen atoms in total. The maximum absolute atomic E-state index is 13.5. The van der Waals surface area contributed by atoms with E-state index in [9.17, 15) is 18.4 Å². The molecule has 1 aliphatic heterocycles. The molecule has 0 atom stereocenters. The smallest absolute Gasteiger partial charge is 0.265 e. The number of piperidine rings is 1. The van der Waals surface area contributed by atoms with Gasteiger partial charge in [0.25, 0.3) is 5.91 Å². The lowest BCUT2D eigenvalue weighted by Gasteiger charge is -2.39. The lowest BCUT2D eigenvalue weighted by Crippen LogP contribution is -2.57. The van der Waals surface area contributed by atoms with E-state index in [2.05, 4.69) is 16.8 Å². The van der Waals surface area contributed by atoms with Crippen molar-refractivity contribution in [2.45, 2.75) is 55.6 Å². The van der Waals surface area contributed by atoms with Gasteiger partial charge in [0.05, 0.1) is 10.6 Å². The van der Waals surface area contributed by atoms with E-state index in [0.29, 0.717) is 13.1 Å². The molecule has 0 aliphatic carbocycles. The molecular weight excluding hydrogens is 414 g/mol. The first-order valence-corrected chi connectivity index (χ1v) is 12.3. The summed E-state index contributed by atoms with van der Waals surface area (Å²) >= 11 is 0. The first kappa shape index (κ1) is 23.4. The average Bonchev–Trinajstić information content (AvgIpc) is 2.82. The normalized spacial score (nSPS) is 16.7. The SMILES string of the molecule is CCCCc1ccc(-c2ccc(S(=O)(=O)C3(C(=O)NO)CCN(CC)CC3)cc2)nc1. The molecule has 1 amide bonds. The summed E-state index contributed by atoms with van der Waals surface area (Å²) in [4.78, 5) is 19.2. The number of pyridine rings is 1. The highest BCUT2D eigenvalue weighted by atomic mass is 32.2. The van der Waals surface area contributed by atoms with Crippen LogP contribution in [-0.2, 0) is 21.1 Å². The number of aryl methyl sites for hydroxylation is 1. The third-order valence-corrected chi connectivity index (χ3v) is 8.76. The molecule has 1 saturated heterocycles. The lowest BCUT2D eigenvalue weighted by molar-refractivity contribution is -0.133. The number of hydrogen-bond donors (Lipinski definition) is 2. The van der Waals surface area contributed by atoms with Crippen LogP contribution in [0.3, 0.4) is 0 Å². The van der Waals surface area contributed by atoms with Crippen LogP contribution in [0.1, 0.15) is 45.1 Å². The summed E-state index contributed by atoms with van der Waals surface area (Å²) in [7, 11) is -4.00. The molecule has 2 aromatic rings. The van der Waals surface area contributed by atoms with Crippen LogP contribution < -0.4 is 5.48 Å². The number of amides is 1. The van der Waals surface area contributed by atoms with Gasteiger partial charge in [0.1, 0.15) is 0 Å². The zero-order valence-electron chi connectivity index (χ0n) is 18.2. The Bertz CT molecular complexity index is 980. The molecule has 1 fully saturated rings. The second-order valence-electron chi connectivity index (χ2n) is 8.05. The minimum atomic E-state index is -4.00. The van der Waals surface area contributed by atoms with Gasteiger partial charge in [0.2, 0.25) is 0 Å². The van der Waals surface area contributed by atoms with E-state index in [-0.39, 0.29) is 17.7 Å². The van der Waals surface area contributed by atoms with Gasteiger partial charge in [-0.05, 0) is 56.0 Å². The molecule has 0 saturated carbocycles. The van der Waals surface area contributed by atoms with Gasteiger partial charge in [0, 0.05) is 24.8 Å². The molecule has 168 valence electrons. The van der Waals surface area contributed by atoms with Crippen molar-refractivity contribution in [1.82, 2.24) is 15.4 Å². The Kier molecular flexibility index (Phi) is 7.46. The van der Waals surface area contributed by atoms with Gasteiger partial charge in [-0.2, -0.15) is 0 Å². The zero-order valence-corrected chi connectivity index (χ0v) is 19.0. The topological polar surface area (TPSA) is 99.6 Å². The average molecular weight is 446 g/mol. The highest BCUT2D eigenvalue weighted by molar-refractivity contribution is 7.93. The zero-order chi connectivity index (χ0) is 22.5. The molecule has 1 aromatic heterocycles. The van der Waals surface area contributed by atoms with Gasteiger partial charge >= 0.3 is 0 Å². The quantitative estimate of drug-likeness (QED) is 0.478. The summed E-state index contributed by atoms with van der Waals surface area (Å²) in [5.41, 5.74) is 4.35. The Morgan fingerprint density at radius 1 is 1.13 bits per heavy atom. The molecule has 1 aromatic carbocycles. The first-order valence-electron chi connectivity index (χ1n) is 10.8. The van der Waals surface area contributed by atoms with Gasteiger partial charge in [-0.3, -0.25) is 15.0 Å². The fourth-order valence-electron chi connectivity index (χ4n) is 4.10. The molecule has 0 radical (unpaired) electrons. The molecule has 2 heterocycles. The number of carbonyl (C=O) groups is 1. The monoisotopic (exact) mass is 445 g/mol. The highest BCUT2D eigenvalue weighted by Gasteiger charge is 2.52. The molecule has 0 unspecified atom stereocenters. The molecule has 3 rings (SSSR count). The molecule has 0 bridgehead atoms. The summed E-state index contributed by atoms with van der Waals surface area (Å²) in [6.45, 7) is 5.90. The van der Waals surface area contributed by atoms with E-state index in [1.165, 1.54) is 17.7 Å². The van der Waals surface area contributed by atoms with Crippen molar-refractivity contribution >= 4 is 15.7 Å². The number of rotatable bonds is 8. The van der Waals surface area contributed by atoms with E-state index in [4.69, 9.17) is 0 Å². The number of hydroxylamine groups is 1. The number of benzene rings is 1. The van der Waals surface area contributed by atoms with Gasteiger partial charge < -0.3 is 4.90 Å². The Morgan fingerprint density at radius 3 is 2.32 bits per heavy atom. The van der Waals surface area contributed by atoms with E-state index in [1.807, 2.05) is 25.3 Å². The van der Waals surface area contributed by atoms with Crippen LogP contribution in [-0.4, -0.2) is 53.8 Å². The van der Waals surface area contributed by atoms with Crippen molar-refractivity contribution < 1.29 is 18.4 Å². The number of carbonyl (C=O) groups excluding carboxylic acids is 1. The van der Waals surface area contributed by atoms with Crippen LogP contribution in [0.15, 0.2) is 47.5 Å².